The molecule has 15 heteroatoms. The highest BCUT2D eigenvalue weighted by Gasteiger charge is 2.66. The molecule has 15 nitrogen and oxygen atoms in total. The summed E-state index contributed by atoms with van der Waals surface area (Å²) in [5, 5.41) is 36.6. The first-order valence-corrected chi connectivity index (χ1v) is 21.1. The van der Waals surface area contributed by atoms with Gasteiger partial charge in [-0.15, -0.1) is 6.58 Å². The maximum Gasteiger partial charge on any atom is 0.417 e. The minimum absolute atomic E-state index is 0.0194. The van der Waals surface area contributed by atoms with Crippen LogP contribution >= 0.6 is 0 Å². The quantitative estimate of drug-likeness (QED) is 0.0598. The third kappa shape index (κ3) is 9.92. The Morgan fingerprint density at radius 3 is 2.42 bits per heavy atom. The minimum Gasteiger partial charge on any atom is -0.497 e. The number of amides is 2. The lowest BCUT2D eigenvalue weighted by Crippen LogP contribution is -2.70. The lowest BCUT2D eigenvalue weighted by molar-refractivity contribution is -0.258. The van der Waals surface area contributed by atoms with Crippen LogP contribution in [0.15, 0.2) is 65.9 Å². The van der Waals surface area contributed by atoms with Gasteiger partial charge in [-0.3, -0.25) is 10.1 Å². The van der Waals surface area contributed by atoms with Gasteiger partial charge in [0.15, 0.2) is 0 Å². The number of nitrogens with one attached hydrogen (secondary N) is 1. The van der Waals surface area contributed by atoms with Crippen LogP contribution in [0.5, 0.6) is 23.0 Å². The number of aliphatic hydroxyl groups excluding tert-OH is 3. The van der Waals surface area contributed by atoms with Crippen molar-refractivity contribution in [3.05, 3.63) is 66.3 Å². The van der Waals surface area contributed by atoms with Gasteiger partial charge in [0, 0.05) is 49.6 Å². The molecule has 328 valence electrons. The van der Waals surface area contributed by atoms with Crippen LogP contribution in [0.1, 0.15) is 69.3 Å². The third-order valence-corrected chi connectivity index (χ3v) is 12.0. The second-order valence-corrected chi connectivity index (χ2v) is 15.7. The number of allylic oxidation sites excluding steroid dienone is 1. The van der Waals surface area contributed by atoms with Crippen LogP contribution in [0.2, 0.25) is 0 Å². The topological polar surface area (TPSA) is 187 Å². The van der Waals surface area contributed by atoms with Crippen molar-refractivity contribution in [2.45, 2.75) is 75.5 Å². The number of hydrogen-bond donors (Lipinski definition) is 4. The summed E-state index contributed by atoms with van der Waals surface area (Å²) in [6, 6.07) is 9.67. The molecular formula is C45H61N3O12. The number of unbranched alkanes of at least 4 members (excludes halogenated alkanes) is 2. The van der Waals surface area contributed by atoms with Crippen molar-refractivity contribution in [2.75, 3.05) is 72.8 Å². The minimum atomic E-state index is -1.43. The highest BCUT2D eigenvalue weighted by Crippen LogP contribution is 2.62. The summed E-state index contributed by atoms with van der Waals surface area (Å²) in [5.41, 5.74) is 2.77. The molecule has 2 saturated carbocycles. The van der Waals surface area contributed by atoms with Crippen LogP contribution in [-0.4, -0.2) is 117 Å². The van der Waals surface area contributed by atoms with Gasteiger partial charge in [-0.25, -0.2) is 4.79 Å². The molecule has 2 aromatic carbocycles. The molecule has 60 heavy (non-hydrogen) atoms. The van der Waals surface area contributed by atoms with E-state index in [9.17, 15) is 24.9 Å². The Morgan fingerprint density at radius 1 is 0.967 bits per heavy atom. The van der Waals surface area contributed by atoms with Crippen LogP contribution in [0.3, 0.4) is 0 Å². The SMILES string of the molecule is C=CCO[C@@]12Oc3ccc(OC(=O)Nc4ccc(OC)cc4OC)cc3[C@H]3[C@H](CCCCO)[C@@H](CCCCO)C=C(C(=NOC)C[C@@H]1N(CCOCCO)C(=O)C1CC1)[C@H]32. The summed E-state index contributed by atoms with van der Waals surface area (Å²) < 4.78 is 36.7. The number of oxime groups is 1. The Kier molecular flexibility index (Phi) is 15.9. The van der Waals surface area contributed by atoms with Gasteiger partial charge in [0.1, 0.15) is 36.1 Å². The normalized spacial score (nSPS) is 24.6. The Morgan fingerprint density at radius 2 is 1.73 bits per heavy atom. The molecular weight excluding hydrogens is 775 g/mol. The van der Waals surface area contributed by atoms with E-state index in [1.54, 1.807) is 43.5 Å². The fourth-order valence-electron chi connectivity index (χ4n) is 9.28. The van der Waals surface area contributed by atoms with E-state index >= 15 is 0 Å². The van der Waals surface area contributed by atoms with E-state index < -0.39 is 23.8 Å². The number of nitrogens with zero attached hydrogens (tertiary/aromatic N) is 2. The summed E-state index contributed by atoms with van der Waals surface area (Å²) in [6.45, 7) is 4.66. The molecule has 0 aromatic heterocycles. The zero-order valence-corrected chi connectivity index (χ0v) is 35.0. The first-order valence-electron chi connectivity index (χ1n) is 21.1. The highest BCUT2D eigenvalue weighted by atomic mass is 16.7. The summed E-state index contributed by atoms with van der Waals surface area (Å²) in [5.74, 6) is -0.632. The van der Waals surface area contributed by atoms with Gasteiger partial charge in [0.05, 0.1) is 58.0 Å². The standard InChI is InChI=1S/C45H61N3O12/c1-5-22-58-45-40(48(18-23-57-24-21-51)43(52)29-12-13-29)28-37(47-56-4)34-25-30(10-6-8-19-49)33(11-7-9-20-50)41(42(34)45)35-26-32(15-17-38(35)60-45)59-44(53)46-36-16-14-31(54-2)27-39(36)55-3/h5,14-17,25-27,29-30,33,40-42,49-51H,1,6-13,18-24,28H2,2-4H3,(H,46,53)/t30-,33+,40-,41+,42+,45+/m0/s1. The van der Waals surface area contributed by atoms with Gasteiger partial charge >= 0.3 is 6.09 Å². The number of hydrogen-bond acceptors (Lipinski definition) is 13. The zero-order chi connectivity index (χ0) is 42.6. The summed E-state index contributed by atoms with van der Waals surface area (Å²) in [4.78, 5) is 35.2. The molecule has 4 N–H and O–H groups in total. The molecule has 1 heterocycles. The van der Waals surface area contributed by atoms with E-state index in [0.29, 0.717) is 41.5 Å². The average molecular weight is 836 g/mol. The fourth-order valence-corrected chi connectivity index (χ4v) is 9.28. The van der Waals surface area contributed by atoms with E-state index in [1.165, 1.54) is 14.2 Å². The second kappa shape index (κ2) is 21.2. The van der Waals surface area contributed by atoms with Crippen molar-refractivity contribution >= 4 is 23.4 Å². The van der Waals surface area contributed by atoms with Crippen molar-refractivity contribution in [3.63, 3.8) is 0 Å². The Balaban J connectivity index is 1.50. The highest BCUT2D eigenvalue weighted by molar-refractivity contribution is 6.03. The molecule has 0 bridgehead atoms. The van der Waals surface area contributed by atoms with Gasteiger partial charge in [-0.2, -0.15) is 0 Å². The number of carbonyl (C=O) groups excluding carboxylic acids is 2. The van der Waals surface area contributed by atoms with Gasteiger partial charge in [0.25, 0.3) is 0 Å². The van der Waals surface area contributed by atoms with Crippen molar-refractivity contribution in [1.29, 1.82) is 0 Å². The van der Waals surface area contributed by atoms with Crippen LogP contribution in [0.4, 0.5) is 10.5 Å². The molecule has 0 unspecified atom stereocenters. The molecule has 4 aliphatic rings. The summed E-state index contributed by atoms with van der Waals surface area (Å²) in [6.07, 6.45) is 9.37. The van der Waals surface area contributed by atoms with Crippen molar-refractivity contribution in [3.8, 4) is 23.0 Å². The smallest absolute Gasteiger partial charge is 0.417 e. The van der Waals surface area contributed by atoms with Gasteiger partial charge < -0.3 is 53.5 Å². The first kappa shape index (κ1) is 44.9. The van der Waals surface area contributed by atoms with E-state index in [1.807, 2.05) is 11.0 Å². The van der Waals surface area contributed by atoms with Crippen molar-refractivity contribution < 1.29 is 58.2 Å². The molecule has 0 saturated heterocycles. The third-order valence-electron chi connectivity index (χ3n) is 12.0. The van der Waals surface area contributed by atoms with E-state index in [0.717, 1.165) is 49.7 Å². The molecule has 6 rings (SSSR count). The molecule has 0 radical (unpaired) electrons. The van der Waals surface area contributed by atoms with E-state index in [2.05, 4.69) is 23.1 Å². The predicted octanol–water partition coefficient (Wildman–Crippen LogP) is 5.83. The number of methoxy groups -OCH3 is 2. The molecule has 2 aromatic rings. The molecule has 2 amide bonds. The number of anilines is 1. The number of fused-ring (bicyclic) bond motifs is 2. The second-order valence-electron chi connectivity index (χ2n) is 15.7. The number of ether oxygens (including phenoxy) is 6. The Labute approximate surface area is 352 Å². The van der Waals surface area contributed by atoms with Crippen molar-refractivity contribution in [1.82, 2.24) is 4.90 Å². The summed E-state index contributed by atoms with van der Waals surface area (Å²) in [7, 11) is 4.55. The van der Waals surface area contributed by atoms with E-state index in [4.69, 9.17) is 33.3 Å². The number of rotatable bonds is 23. The Hall–Kier alpha value is -4.67. The fraction of sp³-hybridized carbons (Fsp3) is 0.578. The number of carbonyl (C=O) groups is 2. The largest absolute Gasteiger partial charge is 0.497 e. The average Bonchev–Trinajstić information content (AvgIpc) is 4.11. The van der Waals surface area contributed by atoms with Crippen LogP contribution in [0.25, 0.3) is 0 Å². The predicted molar refractivity (Wildman–Crippen MR) is 224 cm³/mol. The molecule has 6 atom stereocenters. The number of aliphatic hydroxyl groups is 3. The van der Waals surface area contributed by atoms with Crippen molar-refractivity contribution in [2.24, 2.45) is 28.8 Å². The van der Waals surface area contributed by atoms with Crippen LogP contribution in [0, 0.1) is 23.7 Å². The van der Waals surface area contributed by atoms with Crippen LogP contribution in [-0.2, 0) is 19.1 Å². The van der Waals surface area contributed by atoms with Crippen LogP contribution < -0.4 is 24.3 Å². The lowest BCUT2D eigenvalue weighted by atomic mass is 9.55. The lowest BCUT2D eigenvalue weighted by Gasteiger charge is -2.60. The molecule has 2 fully saturated rings. The first-order chi connectivity index (χ1) is 29.3. The monoisotopic (exact) mass is 835 g/mol. The van der Waals surface area contributed by atoms with E-state index in [-0.39, 0.29) is 87.9 Å². The molecule has 3 aliphatic carbocycles. The zero-order valence-electron chi connectivity index (χ0n) is 35.0. The van der Waals surface area contributed by atoms with Gasteiger partial charge in [-0.05, 0) is 86.3 Å². The molecule has 0 spiro atoms. The molecule has 1 aliphatic heterocycles. The maximum atomic E-state index is 14.4. The number of benzene rings is 2. The van der Waals surface area contributed by atoms with Gasteiger partial charge in [-0.1, -0.05) is 30.1 Å². The Bertz CT molecular complexity index is 1850. The van der Waals surface area contributed by atoms with Gasteiger partial charge in [0.2, 0.25) is 11.7 Å². The maximum absolute atomic E-state index is 14.4. The summed E-state index contributed by atoms with van der Waals surface area (Å²) >= 11 is 0.